The minimum absolute atomic E-state index is 0.0477. The Bertz CT molecular complexity index is 812. The van der Waals surface area contributed by atoms with Crippen molar-refractivity contribution in [3.63, 3.8) is 0 Å². The summed E-state index contributed by atoms with van der Waals surface area (Å²) < 4.78 is 9.83. The molecule has 2 aromatic rings. The van der Waals surface area contributed by atoms with E-state index in [1.807, 2.05) is 6.92 Å². The maximum atomic E-state index is 12.1. The van der Waals surface area contributed by atoms with Gasteiger partial charge < -0.3 is 20.1 Å². The minimum atomic E-state index is -0.457. The highest BCUT2D eigenvalue weighted by Crippen LogP contribution is 2.29. The van der Waals surface area contributed by atoms with E-state index in [4.69, 9.17) is 27.9 Å². The van der Waals surface area contributed by atoms with Gasteiger partial charge in [-0.05, 0) is 42.8 Å². The zero-order valence-corrected chi connectivity index (χ0v) is 15.8. The predicted octanol–water partition coefficient (Wildman–Crippen LogP) is 3.90. The van der Waals surface area contributed by atoms with E-state index >= 15 is 0 Å². The van der Waals surface area contributed by atoms with E-state index in [0.717, 1.165) is 11.3 Å². The van der Waals surface area contributed by atoms with Gasteiger partial charge in [-0.2, -0.15) is 0 Å². The van der Waals surface area contributed by atoms with E-state index in [1.54, 1.807) is 36.4 Å². The maximum absolute atomic E-state index is 12.1. The third kappa shape index (κ3) is 5.54. The summed E-state index contributed by atoms with van der Waals surface area (Å²) in [4.78, 5) is 23.2. The predicted molar refractivity (Wildman–Crippen MR) is 102 cm³/mol. The summed E-state index contributed by atoms with van der Waals surface area (Å²) in [5.74, 6) is -0.186. The van der Waals surface area contributed by atoms with Crippen molar-refractivity contribution < 1.29 is 19.1 Å². The van der Waals surface area contributed by atoms with Crippen molar-refractivity contribution in [3.05, 3.63) is 52.0 Å². The van der Waals surface area contributed by atoms with Crippen molar-refractivity contribution >= 4 is 46.5 Å². The average molecular weight is 397 g/mol. The lowest BCUT2D eigenvalue weighted by molar-refractivity contribution is -0.142. The summed E-state index contributed by atoms with van der Waals surface area (Å²) in [6.07, 6.45) is 0. The molecule has 2 rings (SSSR count). The minimum Gasteiger partial charge on any atom is -0.482 e. The van der Waals surface area contributed by atoms with Crippen LogP contribution in [0.2, 0.25) is 10.0 Å². The van der Waals surface area contributed by atoms with Gasteiger partial charge in [0.25, 0.3) is 0 Å². The molecular formula is C18H18Cl2N2O4. The fraction of sp³-hybridized carbons (Fsp3) is 0.222. The van der Waals surface area contributed by atoms with Gasteiger partial charge in [-0.25, -0.2) is 4.79 Å². The molecule has 0 fully saturated rings. The van der Waals surface area contributed by atoms with Crippen LogP contribution in [0.4, 0.5) is 11.4 Å². The average Bonchev–Trinajstić information content (AvgIpc) is 2.62. The number of amides is 1. The molecule has 8 heteroatoms. The SMILES string of the molecule is COC(=O)COc1ccc(NCC(=O)Nc2cccc(Cl)c2Cl)c(C)c1. The molecule has 0 atom stereocenters. The van der Waals surface area contributed by atoms with Gasteiger partial charge in [-0.3, -0.25) is 4.79 Å². The number of rotatable bonds is 7. The highest BCUT2D eigenvalue weighted by atomic mass is 35.5. The largest absolute Gasteiger partial charge is 0.482 e. The Labute approximate surface area is 161 Å². The molecule has 0 aliphatic rings. The van der Waals surface area contributed by atoms with Gasteiger partial charge in [0.15, 0.2) is 6.61 Å². The van der Waals surface area contributed by atoms with E-state index in [9.17, 15) is 9.59 Å². The van der Waals surface area contributed by atoms with Crippen LogP contribution < -0.4 is 15.4 Å². The van der Waals surface area contributed by atoms with Gasteiger partial charge in [0.05, 0.1) is 29.4 Å². The third-order valence-corrected chi connectivity index (χ3v) is 4.27. The first-order chi connectivity index (χ1) is 12.4. The van der Waals surface area contributed by atoms with Crippen molar-refractivity contribution in [2.24, 2.45) is 0 Å². The topological polar surface area (TPSA) is 76.7 Å². The number of aryl methyl sites for hydroxylation is 1. The summed E-state index contributed by atoms with van der Waals surface area (Å²) >= 11 is 12.0. The van der Waals surface area contributed by atoms with Crippen molar-refractivity contribution in [1.29, 1.82) is 0 Å². The summed E-state index contributed by atoms with van der Waals surface area (Å²) in [5.41, 5.74) is 2.08. The fourth-order valence-electron chi connectivity index (χ4n) is 2.10. The molecular weight excluding hydrogens is 379 g/mol. The highest BCUT2D eigenvalue weighted by molar-refractivity contribution is 6.44. The normalized spacial score (nSPS) is 10.2. The molecule has 0 aliphatic heterocycles. The molecule has 0 aromatic heterocycles. The van der Waals surface area contributed by atoms with Gasteiger partial charge in [0, 0.05) is 5.69 Å². The second-order valence-electron chi connectivity index (χ2n) is 5.34. The molecule has 0 unspecified atom stereocenters. The Morgan fingerprint density at radius 3 is 2.58 bits per heavy atom. The number of carbonyl (C=O) groups is 2. The number of benzene rings is 2. The summed E-state index contributed by atoms with van der Waals surface area (Å²) in [6, 6.07) is 10.2. The van der Waals surface area contributed by atoms with Gasteiger partial charge in [-0.15, -0.1) is 0 Å². The second-order valence-corrected chi connectivity index (χ2v) is 6.13. The monoisotopic (exact) mass is 396 g/mol. The van der Waals surface area contributed by atoms with E-state index < -0.39 is 5.97 Å². The van der Waals surface area contributed by atoms with Gasteiger partial charge in [-0.1, -0.05) is 29.3 Å². The Morgan fingerprint density at radius 1 is 1.12 bits per heavy atom. The number of halogens is 2. The van der Waals surface area contributed by atoms with Crippen molar-refractivity contribution in [1.82, 2.24) is 0 Å². The number of hydrogen-bond acceptors (Lipinski definition) is 5. The quantitative estimate of drug-likeness (QED) is 0.693. The third-order valence-electron chi connectivity index (χ3n) is 3.45. The lowest BCUT2D eigenvalue weighted by Crippen LogP contribution is -2.22. The zero-order valence-electron chi connectivity index (χ0n) is 14.3. The molecule has 0 saturated carbocycles. The van der Waals surface area contributed by atoms with Crippen LogP contribution in [-0.4, -0.2) is 32.1 Å². The van der Waals surface area contributed by atoms with Crippen LogP contribution in [0.25, 0.3) is 0 Å². The van der Waals surface area contributed by atoms with E-state index in [0.29, 0.717) is 21.5 Å². The molecule has 0 radical (unpaired) electrons. The molecule has 26 heavy (non-hydrogen) atoms. The Morgan fingerprint density at radius 2 is 1.88 bits per heavy atom. The molecule has 0 bridgehead atoms. The van der Waals surface area contributed by atoms with Crippen LogP contribution >= 0.6 is 23.2 Å². The number of methoxy groups -OCH3 is 1. The van der Waals surface area contributed by atoms with Crippen molar-refractivity contribution in [3.8, 4) is 5.75 Å². The highest BCUT2D eigenvalue weighted by Gasteiger charge is 2.09. The molecule has 0 spiro atoms. The maximum Gasteiger partial charge on any atom is 0.343 e. The molecule has 0 aliphatic carbocycles. The number of nitrogens with one attached hydrogen (secondary N) is 2. The van der Waals surface area contributed by atoms with Crippen LogP contribution in [0.1, 0.15) is 5.56 Å². The Hall–Kier alpha value is -2.44. The van der Waals surface area contributed by atoms with Crippen LogP contribution in [0.5, 0.6) is 5.75 Å². The Balaban J connectivity index is 1.91. The van der Waals surface area contributed by atoms with Gasteiger partial charge in [0.2, 0.25) is 5.91 Å². The number of carbonyl (C=O) groups excluding carboxylic acids is 2. The first kappa shape index (κ1) is 19.9. The van der Waals surface area contributed by atoms with E-state index in [1.165, 1.54) is 7.11 Å². The van der Waals surface area contributed by atoms with Crippen LogP contribution in [0, 0.1) is 6.92 Å². The summed E-state index contributed by atoms with van der Waals surface area (Å²) in [7, 11) is 1.30. The van der Waals surface area contributed by atoms with Crippen molar-refractivity contribution in [2.75, 3.05) is 30.9 Å². The zero-order chi connectivity index (χ0) is 19.1. The number of esters is 1. The summed E-state index contributed by atoms with van der Waals surface area (Å²) in [5, 5.41) is 6.40. The molecule has 6 nitrogen and oxygen atoms in total. The Kier molecular flexibility index (Phi) is 7.12. The molecule has 2 aromatic carbocycles. The second kappa shape index (κ2) is 9.31. The van der Waals surface area contributed by atoms with E-state index in [-0.39, 0.29) is 19.1 Å². The smallest absolute Gasteiger partial charge is 0.343 e. The number of anilines is 2. The lowest BCUT2D eigenvalue weighted by atomic mass is 10.2. The van der Waals surface area contributed by atoms with Gasteiger partial charge >= 0.3 is 5.97 Å². The molecule has 1 amide bonds. The molecule has 138 valence electrons. The first-order valence-corrected chi connectivity index (χ1v) is 8.44. The first-order valence-electron chi connectivity index (χ1n) is 7.68. The standard InChI is InChI=1S/C18H18Cl2N2O4/c1-11-8-12(26-10-17(24)25-2)6-7-14(11)21-9-16(23)22-15-5-3-4-13(19)18(15)20/h3-8,21H,9-10H2,1-2H3,(H,22,23). The van der Waals surface area contributed by atoms with E-state index in [2.05, 4.69) is 15.4 Å². The number of ether oxygens (including phenoxy) is 2. The molecule has 0 saturated heterocycles. The van der Waals surface area contributed by atoms with Crippen molar-refractivity contribution in [2.45, 2.75) is 6.92 Å². The fourth-order valence-corrected chi connectivity index (χ4v) is 2.44. The van der Waals surface area contributed by atoms with Crippen LogP contribution in [0.15, 0.2) is 36.4 Å². The summed E-state index contributed by atoms with van der Waals surface area (Å²) in [6.45, 7) is 1.75. The lowest BCUT2D eigenvalue weighted by Gasteiger charge is -2.12. The number of hydrogen-bond donors (Lipinski definition) is 2. The molecule has 2 N–H and O–H groups in total. The van der Waals surface area contributed by atoms with Crippen LogP contribution in [0.3, 0.4) is 0 Å². The van der Waals surface area contributed by atoms with Gasteiger partial charge in [0.1, 0.15) is 5.75 Å². The van der Waals surface area contributed by atoms with Crippen LogP contribution in [-0.2, 0) is 14.3 Å². The molecule has 0 heterocycles.